The highest BCUT2D eigenvalue weighted by Gasteiger charge is 2.32. The molecule has 10 heteroatoms. The SMILES string of the molecule is CC(C)(C)c1nc(NC(=O)c2c(F)cccc2F)sc1C(C[N+](=O)[O-])c1ccc(Cl)cc1. The molecule has 3 rings (SSSR count). The van der Waals surface area contributed by atoms with Crippen molar-refractivity contribution in [3.63, 3.8) is 0 Å². The van der Waals surface area contributed by atoms with Gasteiger partial charge in [-0.05, 0) is 29.8 Å². The van der Waals surface area contributed by atoms with Gasteiger partial charge < -0.3 is 0 Å². The highest BCUT2D eigenvalue weighted by atomic mass is 35.5. The summed E-state index contributed by atoms with van der Waals surface area (Å²) < 4.78 is 28.0. The van der Waals surface area contributed by atoms with E-state index in [4.69, 9.17) is 11.6 Å². The van der Waals surface area contributed by atoms with Crippen molar-refractivity contribution in [2.75, 3.05) is 11.9 Å². The highest BCUT2D eigenvalue weighted by Crippen LogP contribution is 2.40. The van der Waals surface area contributed by atoms with E-state index in [0.29, 0.717) is 21.2 Å². The van der Waals surface area contributed by atoms with Gasteiger partial charge in [-0.1, -0.05) is 50.6 Å². The summed E-state index contributed by atoms with van der Waals surface area (Å²) in [5.74, 6) is -3.63. The summed E-state index contributed by atoms with van der Waals surface area (Å²) in [6.45, 7) is 5.26. The zero-order valence-corrected chi connectivity index (χ0v) is 19.1. The molecule has 1 heterocycles. The molecule has 3 aromatic rings. The van der Waals surface area contributed by atoms with Crippen LogP contribution in [0.1, 0.15) is 53.2 Å². The van der Waals surface area contributed by atoms with Gasteiger partial charge in [0.05, 0.1) is 11.6 Å². The number of amides is 1. The molecule has 0 aliphatic heterocycles. The fourth-order valence-electron chi connectivity index (χ4n) is 3.22. The molecule has 0 aliphatic carbocycles. The van der Waals surface area contributed by atoms with Crippen LogP contribution in [0.25, 0.3) is 0 Å². The number of nitro groups is 1. The predicted molar refractivity (Wildman–Crippen MR) is 120 cm³/mol. The van der Waals surface area contributed by atoms with Crippen molar-refractivity contribution in [2.45, 2.75) is 32.1 Å². The van der Waals surface area contributed by atoms with Gasteiger partial charge in [-0.3, -0.25) is 20.2 Å². The van der Waals surface area contributed by atoms with E-state index in [1.807, 2.05) is 20.8 Å². The molecule has 0 radical (unpaired) electrons. The van der Waals surface area contributed by atoms with Gasteiger partial charge in [0, 0.05) is 20.2 Å². The van der Waals surface area contributed by atoms with Gasteiger partial charge >= 0.3 is 0 Å². The number of carbonyl (C=O) groups excluding carboxylic acids is 1. The van der Waals surface area contributed by atoms with Crippen LogP contribution in [0.2, 0.25) is 5.02 Å². The molecular weight excluding hydrogens is 460 g/mol. The topological polar surface area (TPSA) is 85.1 Å². The fourth-order valence-corrected chi connectivity index (χ4v) is 4.63. The Hall–Kier alpha value is -2.91. The smallest absolute Gasteiger partial charge is 0.263 e. The monoisotopic (exact) mass is 479 g/mol. The van der Waals surface area contributed by atoms with E-state index in [9.17, 15) is 23.7 Å². The van der Waals surface area contributed by atoms with E-state index in [0.717, 1.165) is 29.5 Å². The Labute approximate surface area is 192 Å². The van der Waals surface area contributed by atoms with Gasteiger partial charge in [0.25, 0.3) is 5.91 Å². The third-order valence-electron chi connectivity index (χ3n) is 4.69. The number of hydrogen-bond acceptors (Lipinski definition) is 5. The Kier molecular flexibility index (Phi) is 6.90. The van der Waals surface area contributed by atoms with Gasteiger partial charge in [-0.2, -0.15) is 0 Å². The second kappa shape index (κ2) is 9.30. The molecule has 1 N–H and O–H groups in total. The third-order valence-corrected chi connectivity index (χ3v) is 6.03. The lowest BCUT2D eigenvalue weighted by molar-refractivity contribution is -0.481. The van der Waals surface area contributed by atoms with Gasteiger partial charge in [-0.15, -0.1) is 11.3 Å². The Morgan fingerprint density at radius 3 is 2.31 bits per heavy atom. The fraction of sp³-hybridized carbons (Fsp3) is 0.273. The Bertz CT molecular complexity index is 1140. The van der Waals surface area contributed by atoms with E-state index in [1.165, 1.54) is 0 Å². The molecule has 1 amide bonds. The van der Waals surface area contributed by atoms with E-state index in [1.54, 1.807) is 24.3 Å². The van der Waals surface area contributed by atoms with Crippen LogP contribution < -0.4 is 5.32 Å². The molecule has 32 heavy (non-hydrogen) atoms. The third kappa shape index (κ3) is 5.28. The molecule has 0 saturated heterocycles. The maximum Gasteiger partial charge on any atom is 0.263 e. The molecule has 0 bridgehead atoms. The van der Waals surface area contributed by atoms with Gasteiger partial charge in [0.1, 0.15) is 17.2 Å². The second-order valence-corrected chi connectivity index (χ2v) is 9.62. The van der Waals surface area contributed by atoms with Crippen molar-refractivity contribution in [1.29, 1.82) is 0 Å². The Morgan fingerprint density at radius 1 is 1.19 bits per heavy atom. The maximum atomic E-state index is 14.0. The lowest BCUT2D eigenvalue weighted by Gasteiger charge is -2.21. The maximum absolute atomic E-state index is 14.0. The first kappa shape index (κ1) is 23.7. The summed E-state index contributed by atoms with van der Waals surface area (Å²) in [5, 5.41) is 14.5. The second-order valence-electron chi connectivity index (χ2n) is 8.15. The number of aromatic nitrogens is 1. The van der Waals surface area contributed by atoms with Crippen LogP contribution in [0.15, 0.2) is 42.5 Å². The Balaban J connectivity index is 2.06. The normalized spacial score (nSPS) is 12.4. The van der Waals surface area contributed by atoms with Crippen LogP contribution in [0, 0.1) is 21.7 Å². The van der Waals surface area contributed by atoms with Gasteiger partial charge in [0.2, 0.25) is 6.54 Å². The number of carbonyl (C=O) groups is 1. The van der Waals surface area contributed by atoms with Gasteiger partial charge in [0.15, 0.2) is 5.13 Å². The molecule has 1 aromatic heterocycles. The number of nitrogens with one attached hydrogen (secondary N) is 1. The molecule has 6 nitrogen and oxygen atoms in total. The van der Waals surface area contributed by atoms with Crippen molar-refractivity contribution in [1.82, 2.24) is 4.98 Å². The molecular formula is C22H20ClF2N3O3S. The summed E-state index contributed by atoms with van der Waals surface area (Å²) in [7, 11) is 0. The van der Waals surface area contributed by atoms with Crippen molar-refractivity contribution in [2.24, 2.45) is 0 Å². The molecule has 1 unspecified atom stereocenters. The molecule has 0 aliphatic rings. The van der Waals surface area contributed by atoms with Crippen molar-refractivity contribution in [3.05, 3.63) is 90.9 Å². The van der Waals surface area contributed by atoms with E-state index in [2.05, 4.69) is 10.3 Å². The molecule has 1 atom stereocenters. The number of halogens is 3. The first-order chi connectivity index (χ1) is 15.0. The summed E-state index contributed by atoms with van der Waals surface area (Å²) in [4.78, 5) is 28.6. The summed E-state index contributed by atoms with van der Waals surface area (Å²) in [6, 6.07) is 9.83. The first-order valence-corrected chi connectivity index (χ1v) is 10.8. The standard InChI is InChI=1S/C22H20ClF2N3O3S/c1-22(2,3)19-18(14(11-28(30)31)12-7-9-13(23)10-8-12)32-21(26-19)27-20(29)17-15(24)5-4-6-16(17)25/h4-10,14H,11H2,1-3H3,(H,26,27,29). The van der Waals surface area contributed by atoms with Crippen molar-refractivity contribution in [3.8, 4) is 0 Å². The molecule has 168 valence electrons. The van der Waals surface area contributed by atoms with E-state index < -0.39 is 45.9 Å². The zero-order valence-electron chi connectivity index (χ0n) is 17.5. The van der Waals surface area contributed by atoms with Gasteiger partial charge in [-0.25, -0.2) is 13.8 Å². The molecule has 0 fully saturated rings. The first-order valence-electron chi connectivity index (χ1n) is 9.61. The number of nitrogens with zero attached hydrogens (tertiary/aromatic N) is 2. The van der Waals surface area contributed by atoms with E-state index >= 15 is 0 Å². The van der Waals surface area contributed by atoms with Crippen LogP contribution in [-0.4, -0.2) is 22.4 Å². The van der Waals surface area contributed by atoms with E-state index in [-0.39, 0.29) is 5.13 Å². The average molecular weight is 480 g/mol. The largest absolute Gasteiger partial charge is 0.298 e. The number of benzene rings is 2. The minimum atomic E-state index is -0.997. The minimum absolute atomic E-state index is 0.0971. The summed E-state index contributed by atoms with van der Waals surface area (Å²) in [6.07, 6.45) is 0. The zero-order chi connectivity index (χ0) is 23.6. The number of thiazole rings is 1. The Morgan fingerprint density at radius 2 is 1.78 bits per heavy atom. The van der Waals surface area contributed by atoms with Crippen LogP contribution in [0.4, 0.5) is 13.9 Å². The quantitative estimate of drug-likeness (QED) is 0.345. The minimum Gasteiger partial charge on any atom is -0.298 e. The van der Waals surface area contributed by atoms with Crippen LogP contribution in [0.3, 0.4) is 0 Å². The molecule has 0 spiro atoms. The summed E-state index contributed by atoms with van der Waals surface area (Å²) in [5.41, 5.74) is -0.0211. The van der Waals surface area contributed by atoms with Crippen molar-refractivity contribution >= 4 is 34.0 Å². The summed E-state index contributed by atoms with van der Waals surface area (Å²) >= 11 is 7.01. The number of anilines is 1. The average Bonchev–Trinajstić information content (AvgIpc) is 3.10. The number of hydrogen-bond donors (Lipinski definition) is 1. The van der Waals surface area contributed by atoms with Crippen molar-refractivity contribution < 1.29 is 18.5 Å². The number of rotatable bonds is 6. The highest BCUT2D eigenvalue weighted by molar-refractivity contribution is 7.16. The molecule has 2 aromatic carbocycles. The predicted octanol–water partition coefficient (Wildman–Crippen LogP) is 6.03. The lowest BCUT2D eigenvalue weighted by Crippen LogP contribution is -2.20. The molecule has 0 saturated carbocycles. The van der Waals surface area contributed by atoms with Crippen LogP contribution >= 0.6 is 22.9 Å². The van der Waals surface area contributed by atoms with Crippen LogP contribution in [0.5, 0.6) is 0 Å². The van der Waals surface area contributed by atoms with Crippen LogP contribution in [-0.2, 0) is 5.41 Å². The lowest BCUT2D eigenvalue weighted by atomic mass is 9.86.